The summed E-state index contributed by atoms with van der Waals surface area (Å²) in [5.74, 6) is 0. The number of aromatic nitrogens is 2. The zero-order valence-corrected chi connectivity index (χ0v) is 27.8. The number of hydrogen-bond acceptors (Lipinski definition) is 2. The first kappa shape index (κ1) is 28.9. The van der Waals surface area contributed by atoms with Gasteiger partial charge >= 0.3 is 0 Å². The molecule has 0 unspecified atom stereocenters. The van der Waals surface area contributed by atoms with Crippen LogP contribution in [0.4, 0.5) is 0 Å². The second-order valence-electron chi connectivity index (χ2n) is 13.4. The third-order valence-corrected chi connectivity index (χ3v) is 10.7. The van der Waals surface area contributed by atoms with Crippen molar-refractivity contribution in [3.8, 4) is 29.0 Å². The van der Waals surface area contributed by atoms with Crippen LogP contribution in [0.3, 0.4) is 0 Å². The number of nitriles is 2. The highest BCUT2D eigenvalue weighted by Crippen LogP contribution is 2.51. The molecule has 0 atom stereocenters. The lowest BCUT2D eigenvalue weighted by molar-refractivity contribution is 1.11. The van der Waals surface area contributed by atoms with E-state index < -0.39 is 0 Å². The summed E-state index contributed by atoms with van der Waals surface area (Å²) in [5, 5.41) is 24.4. The molecular weight excluding hydrogens is 621 g/mol. The van der Waals surface area contributed by atoms with Crippen molar-refractivity contribution in [3.05, 3.63) is 173 Å². The van der Waals surface area contributed by atoms with Crippen molar-refractivity contribution in [1.82, 2.24) is 9.13 Å². The molecule has 2 aliphatic rings. The van der Waals surface area contributed by atoms with E-state index >= 15 is 0 Å². The number of hydrogen-bond donors (Lipinski definition) is 0. The normalized spacial score (nSPS) is 13.8. The summed E-state index contributed by atoms with van der Waals surface area (Å²) in [6.45, 7) is 2.05. The standard InChI is InChI=1S/C47H28N4/c1-29-31(28-49)19-23-46(51-44-17-9-6-13-38(44)41-24-30(27-48)18-22-45(41)51)47(29)39-14-3-2-10-34(39)35-21-20-33(25-32-26-40(32)35)50-42-15-7-4-11-36(42)37-12-5-8-16-43(37)50/h2-5,7-12,14-24H,25-26H2,1H3. The van der Waals surface area contributed by atoms with Gasteiger partial charge in [-0.1, -0.05) is 84.4 Å². The Bertz CT molecular complexity index is 2950. The van der Waals surface area contributed by atoms with Crippen LogP contribution in [0.5, 0.6) is 0 Å². The third-order valence-electron chi connectivity index (χ3n) is 10.7. The summed E-state index contributed by atoms with van der Waals surface area (Å²) in [6.07, 6.45) is 6.50. The summed E-state index contributed by atoms with van der Waals surface area (Å²) in [4.78, 5) is 0. The summed E-state index contributed by atoms with van der Waals surface area (Å²) >= 11 is 0. The molecular formula is C47H28N4. The van der Waals surface area contributed by atoms with Crippen LogP contribution < -0.4 is 0 Å². The Kier molecular flexibility index (Phi) is 6.22. The van der Waals surface area contributed by atoms with Crippen LogP contribution in [0, 0.1) is 41.7 Å². The Balaban J connectivity index is 1.21. The van der Waals surface area contributed by atoms with Gasteiger partial charge in [-0.3, -0.25) is 0 Å². The van der Waals surface area contributed by atoms with Gasteiger partial charge in [0.25, 0.3) is 0 Å². The number of fused-ring (bicyclic) bond motifs is 6. The lowest BCUT2D eigenvalue weighted by Crippen LogP contribution is -2.02. The molecule has 0 aliphatic heterocycles. The van der Waals surface area contributed by atoms with Gasteiger partial charge in [0.15, 0.2) is 0 Å². The minimum atomic E-state index is 0.600. The van der Waals surface area contributed by atoms with Crippen molar-refractivity contribution in [2.24, 2.45) is 0 Å². The summed E-state index contributed by atoms with van der Waals surface area (Å²) < 4.78 is 4.69. The molecule has 0 fully saturated rings. The van der Waals surface area contributed by atoms with Crippen LogP contribution in [0.1, 0.15) is 35.1 Å². The highest BCUT2D eigenvalue weighted by Gasteiger charge is 2.31. The Labute approximate surface area is 295 Å². The van der Waals surface area contributed by atoms with E-state index in [2.05, 4.69) is 137 Å². The Morgan fingerprint density at radius 2 is 1.37 bits per heavy atom. The van der Waals surface area contributed by atoms with Gasteiger partial charge in [-0.2, -0.15) is 10.5 Å². The molecule has 8 aromatic rings. The van der Waals surface area contributed by atoms with Crippen LogP contribution >= 0.6 is 0 Å². The summed E-state index contributed by atoms with van der Waals surface area (Å²) in [6, 6.07) is 50.9. The van der Waals surface area contributed by atoms with E-state index in [9.17, 15) is 10.5 Å². The Morgan fingerprint density at radius 3 is 2.14 bits per heavy atom. The maximum atomic E-state index is 10.3. The van der Waals surface area contributed by atoms with Gasteiger partial charge in [0, 0.05) is 33.8 Å². The lowest BCUT2D eigenvalue weighted by Gasteiger charge is -2.20. The maximum absolute atomic E-state index is 10.3. The lowest BCUT2D eigenvalue weighted by atomic mass is 9.88. The van der Waals surface area contributed by atoms with E-state index in [1.807, 2.05) is 30.3 Å². The molecule has 0 saturated heterocycles. The average molecular weight is 649 g/mol. The van der Waals surface area contributed by atoms with Crippen LogP contribution in [0.25, 0.3) is 71.7 Å². The summed E-state index contributed by atoms with van der Waals surface area (Å²) in [5.41, 5.74) is 16.1. The smallest absolute Gasteiger partial charge is 0.0994 e. The fourth-order valence-electron chi connectivity index (χ4n) is 8.26. The molecule has 0 N–H and O–H groups in total. The molecule has 2 aliphatic carbocycles. The molecule has 4 heteroatoms. The average Bonchev–Trinajstić information content (AvgIpc) is 3.79. The van der Waals surface area contributed by atoms with Gasteiger partial charge in [0.1, 0.15) is 0 Å². The fourth-order valence-corrected chi connectivity index (χ4v) is 8.26. The predicted molar refractivity (Wildman–Crippen MR) is 206 cm³/mol. The molecule has 10 rings (SSSR count). The minimum absolute atomic E-state index is 0.600. The van der Waals surface area contributed by atoms with Crippen LogP contribution in [0.15, 0.2) is 139 Å². The van der Waals surface area contributed by atoms with Crippen molar-refractivity contribution in [3.63, 3.8) is 0 Å². The zero-order valence-electron chi connectivity index (χ0n) is 27.8. The number of allylic oxidation sites excluding steroid dienone is 6. The third kappa shape index (κ3) is 4.26. The van der Waals surface area contributed by atoms with E-state index in [0.717, 1.165) is 62.6 Å². The molecule has 2 heterocycles. The largest absolute Gasteiger partial charge is 0.313 e. The molecule has 236 valence electrons. The summed E-state index contributed by atoms with van der Waals surface area (Å²) in [7, 11) is 0. The van der Waals surface area contributed by atoms with Gasteiger partial charge in [-0.25, -0.2) is 0 Å². The van der Waals surface area contributed by atoms with E-state index in [-0.39, 0.29) is 0 Å². The van der Waals surface area contributed by atoms with Crippen LogP contribution in [-0.2, 0) is 0 Å². The molecule has 0 saturated carbocycles. The van der Waals surface area contributed by atoms with Gasteiger partial charge in [0.2, 0.25) is 0 Å². The van der Waals surface area contributed by atoms with Crippen molar-refractivity contribution >= 4 is 54.9 Å². The van der Waals surface area contributed by atoms with Crippen LogP contribution in [-0.4, -0.2) is 9.13 Å². The number of nitrogens with zero attached hydrogens (tertiary/aromatic N) is 4. The second kappa shape index (κ2) is 11.0. The quantitative estimate of drug-likeness (QED) is 0.191. The fraction of sp³-hybridized carbons (Fsp3) is 0.0638. The van der Waals surface area contributed by atoms with Gasteiger partial charge in [0.05, 0.1) is 56.4 Å². The van der Waals surface area contributed by atoms with Crippen molar-refractivity contribution in [1.29, 1.82) is 10.5 Å². The molecule has 0 bridgehead atoms. The van der Waals surface area contributed by atoms with Crippen LogP contribution in [0.2, 0.25) is 0 Å². The zero-order chi connectivity index (χ0) is 34.2. The van der Waals surface area contributed by atoms with Crippen molar-refractivity contribution in [2.45, 2.75) is 19.8 Å². The molecule has 2 aromatic heterocycles. The first-order valence-corrected chi connectivity index (χ1v) is 17.2. The first-order valence-electron chi connectivity index (χ1n) is 17.2. The highest BCUT2D eigenvalue weighted by atomic mass is 15.0. The van der Waals surface area contributed by atoms with Gasteiger partial charge < -0.3 is 9.13 Å². The second-order valence-corrected chi connectivity index (χ2v) is 13.4. The molecule has 4 nitrogen and oxygen atoms in total. The van der Waals surface area contributed by atoms with E-state index in [1.165, 1.54) is 44.2 Å². The van der Waals surface area contributed by atoms with Crippen molar-refractivity contribution < 1.29 is 0 Å². The molecule has 0 amide bonds. The minimum Gasteiger partial charge on any atom is -0.313 e. The molecule has 0 spiro atoms. The van der Waals surface area contributed by atoms with Gasteiger partial charge in [-0.05, 0) is 102 Å². The van der Waals surface area contributed by atoms with Gasteiger partial charge in [-0.15, -0.1) is 0 Å². The Hall–Kier alpha value is -7.06. The van der Waals surface area contributed by atoms with Crippen molar-refractivity contribution in [2.75, 3.05) is 0 Å². The maximum Gasteiger partial charge on any atom is 0.0994 e. The Morgan fingerprint density at radius 1 is 0.647 bits per heavy atom. The highest BCUT2D eigenvalue weighted by molar-refractivity contribution is 6.11. The van der Waals surface area contributed by atoms with E-state index in [1.54, 1.807) is 0 Å². The number of benzene rings is 5. The SMILES string of the molecule is Cc1c(C#N)ccc(-n2c3ccc#cc3c3cc(C#N)ccc32)c1-c1ccccc1C1=CC=C(n2c3ccccc3c3ccccc32)CC2=C1C2. The first-order chi connectivity index (χ1) is 25.1. The molecule has 0 radical (unpaired) electrons. The van der Waals surface area contributed by atoms with E-state index in [0.29, 0.717) is 11.1 Å². The number of para-hydroxylation sites is 2. The molecule has 6 aromatic carbocycles. The topological polar surface area (TPSA) is 57.4 Å². The predicted octanol–water partition coefficient (Wildman–Crippen LogP) is 11.2. The monoisotopic (exact) mass is 648 g/mol. The van der Waals surface area contributed by atoms with E-state index in [4.69, 9.17) is 0 Å². The molecule has 51 heavy (non-hydrogen) atoms. The number of rotatable bonds is 4.